The molecule has 1 fully saturated rings. The van der Waals surface area contributed by atoms with Gasteiger partial charge in [0.05, 0.1) is 19.3 Å². The van der Waals surface area contributed by atoms with Gasteiger partial charge in [-0.1, -0.05) is 24.3 Å². The molecule has 2 N–H and O–H groups in total. The molecular formula is C18H30IN3O2. The lowest BCUT2D eigenvalue weighted by Crippen LogP contribution is -2.38. The molecule has 1 aromatic carbocycles. The maximum Gasteiger partial charge on any atom is 0.191 e. The number of hydrogen-bond acceptors (Lipinski definition) is 3. The van der Waals surface area contributed by atoms with Crippen molar-refractivity contribution in [1.82, 2.24) is 10.6 Å². The van der Waals surface area contributed by atoms with Crippen LogP contribution >= 0.6 is 24.0 Å². The Morgan fingerprint density at radius 2 is 2.17 bits per heavy atom. The van der Waals surface area contributed by atoms with Gasteiger partial charge in [-0.05, 0) is 37.8 Å². The minimum absolute atomic E-state index is 0. The first-order chi connectivity index (χ1) is 11.3. The van der Waals surface area contributed by atoms with Gasteiger partial charge >= 0.3 is 0 Å². The number of nitrogens with zero attached hydrogens (tertiary/aromatic N) is 1. The summed E-state index contributed by atoms with van der Waals surface area (Å²) >= 11 is 0. The molecule has 5 nitrogen and oxygen atoms in total. The van der Waals surface area contributed by atoms with Crippen LogP contribution in [0.15, 0.2) is 29.3 Å². The van der Waals surface area contributed by atoms with Gasteiger partial charge in [0.25, 0.3) is 0 Å². The van der Waals surface area contributed by atoms with E-state index in [2.05, 4.69) is 53.7 Å². The molecule has 6 heteroatoms. The van der Waals surface area contributed by atoms with E-state index in [9.17, 15) is 0 Å². The van der Waals surface area contributed by atoms with Gasteiger partial charge in [0.2, 0.25) is 0 Å². The summed E-state index contributed by atoms with van der Waals surface area (Å²) < 4.78 is 11.1. The lowest BCUT2D eigenvalue weighted by atomic mass is 10.1. The molecule has 1 heterocycles. The number of rotatable bonds is 8. The summed E-state index contributed by atoms with van der Waals surface area (Å²) in [7, 11) is 0. The molecule has 1 saturated heterocycles. The van der Waals surface area contributed by atoms with Gasteiger partial charge in [-0.15, -0.1) is 24.0 Å². The lowest BCUT2D eigenvalue weighted by molar-refractivity contribution is 0.0420. The van der Waals surface area contributed by atoms with Gasteiger partial charge in [-0.25, -0.2) is 4.99 Å². The zero-order valence-corrected chi connectivity index (χ0v) is 17.0. The van der Waals surface area contributed by atoms with Gasteiger partial charge in [0.15, 0.2) is 5.96 Å². The summed E-state index contributed by atoms with van der Waals surface area (Å²) in [6, 6.07) is 8.36. The standard InChI is InChI=1S/C18H29N3O2.HI/c1-3-19-18(21-13-16-8-5-4-7-15(16)2)20-10-6-11-23-17-9-12-22-14-17;/h4-5,7-8,17H,3,6,9-14H2,1-2H3,(H2,19,20,21);1H. The first kappa shape index (κ1) is 21.2. The molecule has 136 valence electrons. The highest BCUT2D eigenvalue weighted by Crippen LogP contribution is 2.08. The van der Waals surface area contributed by atoms with Crippen molar-refractivity contribution in [2.45, 2.75) is 39.3 Å². The molecule has 0 radical (unpaired) electrons. The Kier molecular flexibility index (Phi) is 11.0. The Morgan fingerprint density at radius 3 is 2.88 bits per heavy atom. The topological polar surface area (TPSA) is 54.9 Å². The smallest absolute Gasteiger partial charge is 0.191 e. The minimum Gasteiger partial charge on any atom is -0.379 e. The fourth-order valence-electron chi connectivity index (χ4n) is 2.47. The second kappa shape index (κ2) is 12.5. The van der Waals surface area contributed by atoms with Gasteiger partial charge < -0.3 is 20.1 Å². The number of ether oxygens (including phenoxy) is 2. The molecule has 1 aliphatic heterocycles. The number of guanidine groups is 1. The van der Waals surface area contributed by atoms with Crippen LogP contribution in [0.5, 0.6) is 0 Å². The van der Waals surface area contributed by atoms with Gasteiger partial charge in [-0.3, -0.25) is 0 Å². The highest BCUT2D eigenvalue weighted by Gasteiger charge is 2.15. The summed E-state index contributed by atoms with van der Waals surface area (Å²) in [5, 5.41) is 6.65. The quantitative estimate of drug-likeness (QED) is 0.279. The molecule has 0 spiro atoms. The SMILES string of the molecule is CCNC(=NCc1ccccc1C)NCCCOC1CCOC1.I. The zero-order valence-electron chi connectivity index (χ0n) is 14.7. The number of aryl methyl sites for hydroxylation is 1. The van der Waals surface area contributed by atoms with E-state index in [1.807, 2.05) is 0 Å². The van der Waals surface area contributed by atoms with Crippen LogP contribution in [0, 0.1) is 6.92 Å². The van der Waals surface area contributed by atoms with Crippen LogP contribution in [0.25, 0.3) is 0 Å². The maximum absolute atomic E-state index is 5.76. The van der Waals surface area contributed by atoms with Crippen molar-refractivity contribution in [3.63, 3.8) is 0 Å². The predicted octanol–water partition coefficient (Wildman–Crippen LogP) is 2.86. The van der Waals surface area contributed by atoms with Crippen molar-refractivity contribution >= 4 is 29.9 Å². The molecule has 1 aliphatic rings. The summed E-state index contributed by atoms with van der Waals surface area (Å²) in [5.74, 6) is 0.861. The third-order valence-electron chi connectivity index (χ3n) is 3.87. The van der Waals surface area contributed by atoms with Crippen LogP contribution in [0.1, 0.15) is 30.9 Å². The number of aliphatic imine (C=N–C) groups is 1. The van der Waals surface area contributed by atoms with E-state index in [4.69, 9.17) is 9.47 Å². The lowest BCUT2D eigenvalue weighted by Gasteiger charge is -2.13. The van der Waals surface area contributed by atoms with Crippen molar-refractivity contribution in [2.24, 2.45) is 4.99 Å². The largest absolute Gasteiger partial charge is 0.379 e. The van der Waals surface area contributed by atoms with Crippen LogP contribution in [-0.4, -0.2) is 45.0 Å². The van der Waals surface area contributed by atoms with Crippen LogP contribution in [-0.2, 0) is 16.0 Å². The second-order valence-corrected chi connectivity index (χ2v) is 5.76. The molecule has 24 heavy (non-hydrogen) atoms. The maximum atomic E-state index is 5.76. The Morgan fingerprint density at radius 1 is 1.33 bits per heavy atom. The molecule has 1 aromatic rings. The highest BCUT2D eigenvalue weighted by molar-refractivity contribution is 14.0. The first-order valence-corrected chi connectivity index (χ1v) is 8.55. The van der Waals surface area contributed by atoms with Crippen molar-refractivity contribution < 1.29 is 9.47 Å². The molecule has 1 atom stereocenters. The van der Waals surface area contributed by atoms with Gasteiger partial charge in [0, 0.05) is 26.3 Å². The molecule has 0 saturated carbocycles. The van der Waals surface area contributed by atoms with E-state index >= 15 is 0 Å². The summed E-state index contributed by atoms with van der Waals surface area (Å²) in [6.07, 6.45) is 2.28. The number of benzene rings is 1. The fraction of sp³-hybridized carbons (Fsp3) is 0.611. The molecule has 1 unspecified atom stereocenters. The molecule has 0 aromatic heterocycles. The Bertz CT molecular complexity index is 491. The molecule has 0 aliphatic carbocycles. The van der Waals surface area contributed by atoms with Crippen molar-refractivity contribution in [3.8, 4) is 0 Å². The number of nitrogens with one attached hydrogen (secondary N) is 2. The molecule has 2 rings (SSSR count). The fourth-order valence-corrected chi connectivity index (χ4v) is 2.47. The normalized spacial score (nSPS) is 17.4. The van der Waals surface area contributed by atoms with E-state index in [0.717, 1.165) is 51.7 Å². The first-order valence-electron chi connectivity index (χ1n) is 8.55. The zero-order chi connectivity index (χ0) is 16.3. The van der Waals surface area contributed by atoms with Crippen molar-refractivity contribution in [3.05, 3.63) is 35.4 Å². The van der Waals surface area contributed by atoms with Crippen LogP contribution in [0.3, 0.4) is 0 Å². The molecular weight excluding hydrogens is 417 g/mol. The van der Waals surface area contributed by atoms with Crippen molar-refractivity contribution in [1.29, 1.82) is 0 Å². The Labute approximate surface area is 162 Å². The monoisotopic (exact) mass is 447 g/mol. The van der Waals surface area contributed by atoms with Crippen LogP contribution in [0.2, 0.25) is 0 Å². The predicted molar refractivity (Wildman–Crippen MR) is 109 cm³/mol. The van der Waals surface area contributed by atoms with Crippen molar-refractivity contribution in [2.75, 3.05) is 32.9 Å². The molecule has 0 bridgehead atoms. The highest BCUT2D eigenvalue weighted by atomic mass is 127. The average molecular weight is 447 g/mol. The van der Waals surface area contributed by atoms with E-state index in [-0.39, 0.29) is 30.1 Å². The van der Waals surface area contributed by atoms with E-state index in [0.29, 0.717) is 6.54 Å². The Hall–Kier alpha value is -0.860. The van der Waals surface area contributed by atoms with E-state index in [1.165, 1.54) is 11.1 Å². The number of halogens is 1. The molecule has 0 amide bonds. The minimum atomic E-state index is 0. The Balaban J connectivity index is 0.00000288. The summed E-state index contributed by atoms with van der Waals surface area (Å²) in [5.41, 5.74) is 2.54. The summed E-state index contributed by atoms with van der Waals surface area (Å²) in [4.78, 5) is 4.65. The number of hydrogen-bond donors (Lipinski definition) is 2. The van der Waals surface area contributed by atoms with E-state index < -0.39 is 0 Å². The van der Waals surface area contributed by atoms with E-state index in [1.54, 1.807) is 0 Å². The van der Waals surface area contributed by atoms with Gasteiger partial charge in [-0.2, -0.15) is 0 Å². The van der Waals surface area contributed by atoms with Crippen LogP contribution < -0.4 is 10.6 Å². The second-order valence-electron chi connectivity index (χ2n) is 5.76. The van der Waals surface area contributed by atoms with Crippen LogP contribution in [0.4, 0.5) is 0 Å². The average Bonchev–Trinajstić information content (AvgIpc) is 3.07. The third-order valence-corrected chi connectivity index (χ3v) is 3.87. The van der Waals surface area contributed by atoms with Gasteiger partial charge in [0.1, 0.15) is 0 Å². The third kappa shape index (κ3) is 7.81. The summed E-state index contributed by atoms with van der Waals surface area (Å²) in [6.45, 7) is 8.94.